The number of esters is 2. The molecule has 0 radical (unpaired) electrons. The molecule has 8 heteroatoms. The van der Waals surface area contributed by atoms with Gasteiger partial charge in [0.2, 0.25) is 5.91 Å². The lowest BCUT2D eigenvalue weighted by Gasteiger charge is -2.40. The van der Waals surface area contributed by atoms with Crippen molar-refractivity contribution < 1.29 is 23.9 Å². The summed E-state index contributed by atoms with van der Waals surface area (Å²) in [6.45, 7) is 5.43. The number of benzene rings is 2. The number of hydrogen-bond acceptors (Lipinski definition) is 5. The third kappa shape index (κ3) is 5.02. The van der Waals surface area contributed by atoms with E-state index in [2.05, 4.69) is 4.98 Å². The van der Waals surface area contributed by atoms with E-state index in [0.717, 1.165) is 27.7 Å². The van der Waals surface area contributed by atoms with Gasteiger partial charge in [0.25, 0.3) is 0 Å². The highest BCUT2D eigenvalue weighted by Crippen LogP contribution is 2.41. The number of nitrogens with one attached hydrogen (secondary N) is 1. The number of aromatic amines is 1. The molecule has 7 nitrogen and oxygen atoms in total. The summed E-state index contributed by atoms with van der Waals surface area (Å²) in [7, 11) is 1.31. The number of halogens is 1. The van der Waals surface area contributed by atoms with Crippen molar-refractivity contribution in [2.24, 2.45) is 0 Å². The Bertz CT molecular complexity index is 1320. The molecule has 0 fully saturated rings. The van der Waals surface area contributed by atoms with E-state index in [9.17, 15) is 14.4 Å². The Morgan fingerprint density at radius 2 is 1.81 bits per heavy atom. The van der Waals surface area contributed by atoms with Crippen LogP contribution in [0.4, 0.5) is 0 Å². The molecular weight excluding hydrogens is 480 g/mol. The van der Waals surface area contributed by atoms with Gasteiger partial charge >= 0.3 is 11.9 Å². The fourth-order valence-corrected chi connectivity index (χ4v) is 4.68. The van der Waals surface area contributed by atoms with Crippen LogP contribution in [0, 0.1) is 0 Å². The van der Waals surface area contributed by atoms with E-state index in [1.165, 1.54) is 18.1 Å². The van der Waals surface area contributed by atoms with Gasteiger partial charge in [0.15, 0.2) is 0 Å². The van der Waals surface area contributed by atoms with E-state index < -0.39 is 29.6 Å². The molecule has 0 aliphatic carbocycles. The number of hydrogen-bond donors (Lipinski definition) is 1. The van der Waals surface area contributed by atoms with E-state index in [4.69, 9.17) is 21.1 Å². The minimum absolute atomic E-state index is 0.162. The molecule has 0 saturated heterocycles. The molecular formula is C28H29ClN2O5. The van der Waals surface area contributed by atoms with Crippen LogP contribution >= 0.6 is 11.6 Å². The molecule has 188 valence electrons. The predicted molar refractivity (Wildman–Crippen MR) is 138 cm³/mol. The zero-order chi connectivity index (χ0) is 26.0. The molecule has 1 amide bonds. The summed E-state index contributed by atoms with van der Waals surface area (Å²) in [6.07, 6.45) is 3.22. The number of ether oxygens (including phenoxy) is 2. The van der Waals surface area contributed by atoms with E-state index in [1.807, 2.05) is 45.0 Å². The Labute approximate surface area is 215 Å². The minimum atomic E-state index is -0.843. The van der Waals surface area contributed by atoms with Gasteiger partial charge in [-0.15, -0.1) is 11.6 Å². The highest BCUT2D eigenvalue weighted by atomic mass is 35.5. The quantitative estimate of drug-likeness (QED) is 0.300. The average molecular weight is 509 g/mol. The summed E-state index contributed by atoms with van der Waals surface area (Å²) in [5.41, 5.74) is 3.18. The Morgan fingerprint density at radius 3 is 2.44 bits per heavy atom. The van der Waals surface area contributed by atoms with Crippen LogP contribution in [0.3, 0.4) is 0 Å². The van der Waals surface area contributed by atoms with Gasteiger partial charge in [0.05, 0.1) is 18.7 Å². The van der Waals surface area contributed by atoms with Crippen molar-refractivity contribution in [2.75, 3.05) is 13.0 Å². The normalized spacial score (nSPS) is 17.8. The van der Waals surface area contributed by atoms with E-state index in [-0.39, 0.29) is 11.8 Å². The lowest BCUT2D eigenvalue weighted by molar-refractivity contribution is -0.153. The van der Waals surface area contributed by atoms with Crippen LogP contribution in [-0.4, -0.2) is 52.4 Å². The maximum atomic E-state index is 13.4. The molecule has 0 spiro atoms. The SMILES string of the molecule is COC(=O)[C@H]1Cc2c([nH]c3ccccc23)[C@H](c2ccc(C(=O)OC(C)(C)C)cc2)N1C(=O)/C=C/CCl. The smallest absolute Gasteiger partial charge is 0.338 e. The second-order valence-electron chi connectivity index (χ2n) is 9.63. The van der Waals surface area contributed by atoms with Crippen molar-refractivity contribution in [1.82, 2.24) is 9.88 Å². The Hall–Kier alpha value is -3.58. The molecule has 0 unspecified atom stereocenters. The highest BCUT2D eigenvalue weighted by Gasteiger charge is 2.43. The molecule has 1 N–H and O–H groups in total. The number of methoxy groups -OCH3 is 1. The lowest BCUT2D eigenvalue weighted by Crippen LogP contribution is -2.51. The van der Waals surface area contributed by atoms with Crippen molar-refractivity contribution in [3.05, 3.63) is 83.1 Å². The molecule has 1 aliphatic heterocycles. The summed E-state index contributed by atoms with van der Waals surface area (Å²) in [5.74, 6) is -1.14. The van der Waals surface area contributed by atoms with Crippen LogP contribution in [0.25, 0.3) is 10.9 Å². The molecule has 4 rings (SSSR count). The van der Waals surface area contributed by atoms with Crippen LogP contribution in [0.5, 0.6) is 0 Å². The molecule has 0 bridgehead atoms. The van der Waals surface area contributed by atoms with Gasteiger partial charge < -0.3 is 19.4 Å². The van der Waals surface area contributed by atoms with Crippen molar-refractivity contribution >= 4 is 40.3 Å². The lowest BCUT2D eigenvalue weighted by atomic mass is 9.87. The number of carbonyl (C=O) groups excluding carboxylic acids is 3. The summed E-state index contributed by atoms with van der Waals surface area (Å²) in [4.78, 5) is 43.9. The first-order valence-electron chi connectivity index (χ1n) is 11.7. The first-order chi connectivity index (χ1) is 17.1. The highest BCUT2D eigenvalue weighted by molar-refractivity contribution is 6.19. The number of rotatable bonds is 5. The molecule has 0 saturated carbocycles. The summed E-state index contributed by atoms with van der Waals surface area (Å²) >= 11 is 5.79. The second-order valence-corrected chi connectivity index (χ2v) is 9.94. The van der Waals surface area contributed by atoms with Crippen LogP contribution in [0.15, 0.2) is 60.7 Å². The number of alkyl halides is 1. The largest absolute Gasteiger partial charge is 0.467 e. The standard InChI is InChI=1S/C28H29ClN2O5/c1-28(2,3)36-26(33)18-13-11-17(12-14-18)25-24-20(19-8-5-6-9-21(19)30-24)16-22(27(34)35-4)31(25)23(32)10-7-15-29/h5-14,22,25,30H,15-16H2,1-4H3/b10-7+/t22-,25+/m1/s1. The van der Waals surface area contributed by atoms with Crippen LogP contribution in [-0.2, 0) is 25.5 Å². The van der Waals surface area contributed by atoms with Gasteiger partial charge in [0, 0.05) is 35.0 Å². The fraction of sp³-hybridized carbons (Fsp3) is 0.321. The van der Waals surface area contributed by atoms with Gasteiger partial charge in [-0.1, -0.05) is 36.4 Å². The topological polar surface area (TPSA) is 88.7 Å². The zero-order valence-electron chi connectivity index (χ0n) is 20.7. The minimum Gasteiger partial charge on any atom is -0.467 e. The second kappa shape index (κ2) is 10.2. The van der Waals surface area contributed by atoms with Crippen LogP contribution in [0.2, 0.25) is 0 Å². The van der Waals surface area contributed by atoms with Crippen LogP contribution in [0.1, 0.15) is 54.0 Å². The van der Waals surface area contributed by atoms with Crippen molar-refractivity contribution in [3.63, 3.8) is 0 Å². The number of fused-ring (bicyclic) bond motifs is 3. The van der Waals surface area contributed by atoms with Crippen molar-refractivity contribution in [3.8, 4) is 0 Å². The third-order valence-corrected chi connectivity index (χ3v) is 6.25. The number of allylic oxidation sites excluding steroid dienone is 1. The first-order valence-corrected chi connectivity index (χ1v) is 12.2. The van der Waals surface area contributed by atoms with Gasteiger partial charge in [-0.3, -0.25) is 4.79 Å². The summed E-state index contributed by atoms with van der Waals surface area (Å²) in [5, 5.41) is 0.986. The maximum Gasteiger partial charge on any atom is 0.338 e. The number of aromatic nitrogens is 1. The van der Waals surface area contributed by atoms with Gasteiger partial charge in [-0.2, -0.15) is 0 Å². The number of H-pyrrole nitrogens is 1. The number of nitrogens with zero attached hydrogens (tertiary/aromatic N) is 1. The number of para-hydroxylation sites is 1. The van der Waals surface area contributed by atoms with Crippen molar-refractivity contribution in [1.29, 1.82) is 0 Å². The molecule has 3 aromatic rings. The number of carbonyl (C=O) groups is 3. The van der Waals surface area contributed by atoms with Crippen molar-refractivity contribution in [2.45, 2.75) is 44.9 Å². The van der Waals surface area contributed by atoms with Gasteiger partial charge in [0.1, 0.15) is 11.6 Å². The van der Waals surface area contributed by atoms with Gasteiger partial charge in [-0.25, -0.2) is 9.59 Å². The fourth-order valence-electron chi connectivity index (χ4n) is 4.60. The average Bonchev–Trinajstić information content (AvgIpc) is 3.23. The Balaban J connectivity index is 1.86. The van der Waals surface area contributed by atoms with E-state index in [1.54, 1.807) is 30.3 Å². The molecule has 1 aliphatic rings. The van der Waals surface area contributed by atoms with Crippen LogP contribution < -0.4 is 0 Å². The molecule has 1 aromatic heterocycles. The Morgan fingerprint density at radius 1 is 1.11 bits per heavy atom. The van der Waals surface area contributed by atoms with E-state index >= 15 is 0 Å². The van der Waals surface area contributed by atoms with Gasteiger partial charge in [-0.05, 0) is 50.1 Å². The predicted octanol–water partition coefficient (Wildman–Crippen LogP) is 4.93. The molecule has 36 heavy (non-hydrogen) atoms. The monoisotopic (exact) mass is 508 g/mol. The molecule has 2 heterocycles. The third-order valence-electron chi connectivity index (χ3n) is 6.07. The maximum absolute atomic E-state index is 13.4. The number of amides is 1. The Kier molecular flexibility index (Phi) is 7.22. The first kappa shape index (κ1) is 25.5. The summed E-state index contributed by atoms with van der Waals surface area (Å²) in [6, 6.07) is 13.3. The zero-order valence-corrected chi connectivity index (χ0v) is 21.5. The summed E-state index contributed by atoms with van der Waals surface area (Å²) < 4.78 is 10.6. The van der Waals surface area contributed by atoms with E-state index in [0.29, 0.717) is 12.0 Å². The molecule has 2 aromatic carbocycles. The molecule has 2 atom stereocenters.